The maximum absolute atomic E-state index is 13.4. The van der Waals surface area contributed by atoms with E-state index >= 15 is 0 Å². The van der Waals surface area contributed by atoms with E-state index in [2.05, 4.69) is 24.5 Å². The molecule has 3 unspecified atom stereocenters. The van der Waals surface area contributed by atoms with Gasteiger partial charge < -0.3 is 50.4 Å². The second-order valence-electron chi connectivity index (χ2n) is 10.7. The molecule has 0 spiro atoms. The summed E-state index contributed by atoms with van der Waals surface area (Å²) < 4.78 is 71.0. The topological polar surface area (TPSA) is 319 Å². The SMILES string of the molecule is COP(=O)(O)O[C@H]1O[C@@H](n2ccc(N)nc2=O)[C@H](OC2CCCO2)[C@H]1OP(=O)(O)OC[C@H]1O[C@@H](n2cnc3c(N)ncnc32)[C@H](O)[C@@H]1O. The van der Waals surface area contributed by atoms with Crippen molar-refractivity contribution >= 4 is 38.4 Å². The number of aliphatic hydroxyl groups excluding tert-OH is 2. The van der Waals surface area contributed by atoms with Crippen LogP contribution in [0.15, 0.2) is 29.7 Å². The molecule has 6 rings (SSSR count). The van der Waals surface area contributed by atoms with Crippen molar-refractivity contribution < 1.29 is 66.2 Å². The summed E-state index contributed by atoms with van der Waals surface area (Å²) in [6.45, 7) is -0.495. The Hall–Kier alpha value is -2.99. The quantitative estimate of drug-likeness (QED) is 0.116. The number of nitrogens with two attached hydrogens (primary N) is 2. The van der Waals surface area contributed by atoms with E-state index in [9.17, 15) is 33.9 Å². The summed E-state index contributed by atoms with van der Waals surface area (Å²) in [5, 5.41) is 21.4. The Kier molecular flexibility index (Phi) is 9.97. The van der Waals surface area contributed by atoms with Crippen molar-refractivity contribution in [2.24, 2.45) is 0 Å². The van der Waals surface area contributed by atoms with Crippen LogP contribution in [0.4, 0.5) is 11.6 Å². The molecule has 3 fully saturated rings. The third kappa shape index (κ3) is 7.15. The summed E-state index contributed by atoms with van der Waals surface area (Å²) in [4.78, 5) is 49.3. The molecule has 3 aromatic heterocycles. The molecule has 3 aliphatic rings. The van der Waals surface area contributed by atoms with Crippen molar-refractivity contribution in [3.8, 4) is 0 Å². The summed E-state index contributed by atoms with van der Waals surface area (Å²) in [5.74, 6) is -0.0611. The molecule has 0 aliphatic carbocycles. The fourth-order valence-corrected chi connectivity index (χ4v) is 6.74. The zero-order chi connectivity index (χ0) is 34.4. The number of anilines is 2. The van der Waals surface area contributed by atoms with E-state index in [4.69, 9.17) is 44.0 Å². The molecule has 0 saturated carbocycles. The van der Waals surface area contributed by atoms with Gasteiger partial charge in [0.25, 0.3) is 0 Å². The fourth-order valence-electron chi connectivity index (χ4n) is 5.30. The molecule has 0 bridgehead atoms. The van der Waals surface area contributed by atoms with Crippen LogP contribution in [0.3, 0.4) is 0 Å². The van der Waals surface area contributed by atoms with Gasteiger partial charge in [-0.05, 0) is 12.5 Å². The van der Waals surface area contributed by atoms with Gasteiger partial charge in [-0.25, -0.2) is 28.9 Å². The average Bonchev–Trinajstić information content (AvgIpc) is 3.82. The number of imidazole rings is 1. The number of fused-ring (bicyclic) bond motifs is 1. The second-order valence-corrected chi connectivity index (χ2v) is 13.6. The Morgan fingerprint density at radius 3 is 2.52 bits per heavy atom. The third-order valence-corrected chi connectivity index (χ3v) is 9.51. The minimum absolute atomic E-state index is 0.0628. The highest BCUT2D eigenvalue weighted by Crippen LogP contribution is 2.53. The van der Waals surface area contributed by atoms with Gasteiger partial charge in [-0.1, -0.05) is 0 Å². The maximum Gasteiger partial charge on any atom is 0.474 e. The number of phosphoric acid groups is 2. The van der Waals surface area contributed by atoms with Gasteiger partial charge in [-0.2, -0.15) is 4.98 Å². The van der Waals surface area contributed by atoms with Crippen LogP contribution < -0.4 is 17.2 Å². The Morgan fingerprint density at radius 1 is 1.02 bits per heavy atom. The predicted molar refractivity (Wildman–Crippen MR) is 155 cm³/mol. The summed E-state index contributed by atoms with van der Waals surface area (Å²) in [6.07, 6.45) is -9.06. The first-order valence-corrected chi connectivity index (χ1v) is 17.2. The van der Waals surface area contributed by atoms with Gasteiger partial charge in [-0.3, -0.25) is 27.2 Å². The van der Waals surface area contributed by atoms with Gasteiger partial charge in [0, 0.05) is 26.3 Å². The highest BCUT2D eigenvalue weighted by atomic mass is 31.2. The van der Waals surface area contributed by atoms with E-state index in [-0.39, 0.29) is 22.8 Å². The van der Waals surface area contributed by atoms with Crippen LogP contribution in [0.2, 0.25) is 0 Å². The van der Waals surface area contributed by atoms with Crippen LogP contribution in [0.5, 0.6) is 0 Å². The molecule has 3 aromatic rings. The fraction of sp³-hybridized carbons (Fsp3) is 0.609. The van der Waals surface area contributed by atoms with Crippen LogP contribution in [-0.4, -0.2) is 112 Å². The molecule has 11 atom stereocenters. The van der Waals surface area contributed by atoms with E-state index in [0.717, 1.165) is 11.7 Å². The molecule has 3 saturated heterocycles. The van der Waals surface area contributed by atoms with E-state index in [1.807, 2.05) is 0 Å². The standard InChI is InChI=1S/C23H32N8O15P2/c1-39-47(35,36)46-22-17(16(43-12-3-2-6-40-12)21(44-22)30-5-4-11(24)29-23(30)34)45-48(37,38)41-7-10-14(32)15(33)20(42-10)31-9-28-13-18(25)26-8-27-19(13)31/h4-5,8-10,12,14-17,20-22,32-33H,2-3,6-7H2,1H3,(H,35,36)(H,37,38)(H2,24,29,34)(H2,25,26,27)/t10-,12?,14-,15-,16-,17-,20-,21-,22-/m1/s1. The molecule has 8 N–H and O–H groups in total. The van der Waals surface area contributed by atoms with Gasteiger partial charge in [-0.15, -0.1) is 0 Å². The summed E-state index contributed by atoms with van der Waals surface area (Å²) >= 11 is 0. The van der Waals surface area contributed by atoms with Gasteiger partial charge in [0.15, 0.2) is 36.3 Å². The number of ether oxygens (including phenoxy) is 4. The van der Waals surface area contributed by atoms with Crippen molar-refractivity contribution in [3.05, 3.63) is 35.4 Å². The van der Waals surface area contributed by atoms with E-state index in [1.165, 1.54) is 29.5 Å². The first-order chi connectivity index (χ1) is 22.8. The molecule has 0 amide bonds. The number of nitrogens with zero attached hydrogens (tertiary/aromatic N) is 6. The lowest BCUT2D eigenvalue weighted by Crippen LogP contribution is -2.41. The number of aromatic nitrogens is 6. The van der Waals surface area contributed by atoms with E-state index in [1.54, 1.807) is 0 Å². The summed E-state index contributed by atoms with van der Waals surface area (Å²) in [5.41, 5.74) is 10.9. The van der Waals surface area contributed by atoms with Crippen LogP contribution >= 0.6 is 15.6 Å². The zero-order valence-corrected chi connectivity index (χ0v) is 26.6. The normalized spacial score (nSPS) is 33.2. The number of hydrogen-bond acceptors (Lipinski definition) is 19. The molecule has 6 heterocycles. The molecule has 23 nitrogen and oxygen atoms in total. The predicted octanol–water partition coefficient (Wildman–Crippen LogP) is -1.49. The smallest absolute Gasteiger partial charge is 0.387 e. The average molecular weight is 722 g/mol. The van der Waals surface area contributed by atoms with E-state index < -0.39 is 83.5 Å². The lowest BCUT2D eigenvalue weighted by Gasteiger charge is -2.28. The monoisotopic (exact) mass is 722 g/mol. The lowest BCUT2D eigenvalue weighted by atomic mass is 10.1. The van der Waals surface area contributed by atoms with Gasteiger partial charge in [0.05, 0.1) is 12.9 Å². The Bertz CT molecular complexity index is 1770. The molecular weight excluding hydrogens is 690 g/mol. The highest BCUT2D eigenvalue weighted by Gasteiger charge is 2.55. The van der Waals surface area contributed by atoms with Gasteiger partial charge >= 0.3 is 21.3 Å². The Balaban J connectivity index is 1.23. The molecule has 264 valence electrons. The van der Waals surface area contributed by atoms with Crippen molar-refractivity contribution in [3.63, 3.8) is 0 Å². The molecule has 3 aliphatic heterocycles. The minimum atomic E-state index is -5.24. The van der Waals surface area contributed by atoms with Gasteiger partial charge in [0.2, 0.25) is 6.29 Å². The first kappa shape index (κ1) is 34.9. The molecule has 0 radical (unpaired) electrons. The zero-order valence-electron chi connectivity index (χ0n) is 24.8. The summed E-state index contributed by atoms with van der Waals surface area (Å²) in [7, 11) is -9.24. The number of rotatable bonds is 12. The molecule has 25 heteroatoms. The van der Waals surface area contributed by atoms with Crippen molar-refractivity contribution in [1.82, 2.24) is 29.1 Å². The Morgan fingerprint density at radius 2 is 1.81 bits per heavy atom. The number of phosphoric ester groups is 2. The maximum atomic E-state index is 13.4. The van der Waals surface area contributed by atoms with E-state index in [0.29, 0.717) is 19.4 Å². The highest BCUT2D eigenvalue weighted by molar-refractivity contribution is 7.47. The van der Waals surface area contributed by atoms with Crippen LogP contribution in [0.1, 0.15) is 25.3 Å². The molecule has 48 heavy (non-hydrogen) atoms. The summed E-state index contributed by atoms with van der Waals surface area (Å²) in [6, 6.07) is 1.26. The number of nitrogen functional groups attached to an aromatic ring is 2. The van der Waals surface area contributed by atoms with Crippen molar-refractivity contribution in [1.29, 1.82) is 0 Å². The van der Waals surface area contributed by atoms with Gasteiger partial charge in [0.1, 0.15) is 42.1 Å². The Labute approximate surface area is 269 Å². The van der Waals surface area contributed by atoms with Crippen molar-refractivity contribution in [2.75, 3.05) is 31.8 Å². The third-order valence-electron chi connectivity index (χ3n) is 7.59. The lowest BCUT2D eigenvalue weighted by molar-refractivity contribution is -0.182. The molecule has 0 aromatic carbocycles. The number of aliphatic hydroxyl groups is 2. The first-order valence-electron chi connectivity index (χ1n) is 14.2. The van der Waals surface area contributed by atoms with Crippen molar-refractivity contribution in [2.45, 2.75) is 68.4 Å². The molecular formula is C23H32N8O15P2. The minimum Gasteiger partial charge on any atom is -0.387 e. The largest absolute Gasteiger partial charge is 0.474 e. The number of hydrogen-bond donors (Lipinski definition) is 6. The second kappa shape index (κ2) is 13.7. The van der Waals surface area contributed by atoms with Crippen LogP contribution in [0, 0.1) is 0 Å². The van der Waals surface area contributed by atoms with Crippen LogP contribution in [-0.2, 0) is 46.2 Å². The van der Waals surface area contributed by atoms with Crippen LogP contribution in [0.25, 0.3) is 11.2 Å².